The summed E-state index contributed by atoms with van der Waals surface area (Å²) >= 11 is 6.03. The standard InChI is InChI=1S/C14H17ClN2O4/c1-2-21-13-11(4-3-5-12(13)17(19)20)14(18)16-8-6-10(15)7-9-16/h3-5,10H,2,6-9H2,1H3. The van der Waals surface area contributed by atoms with Gasteiger partial charge in [0.05, 0.1) is 17.1 Å². The molecule has 1 amide bonds. The molecule has 1 aliphatic heterocycles. The highest BCUT2D eigenvalue weighted by molar-refractivity contribution is 6.20. The highest BCUT2D eigenvalue weighted by Gasteiger charge is 2.28. The third-order valence-electron chi connectivity index (χ3n) is 3.42. The molecule has 6 nitrogen and oxygen atoms in total. The molecule has 1 aliphatic rings. The molecule has 1 aromatic carbocycles. The Morgan fingerprint density at radius 2 is 2.14 bits per heavy atom. The number of amides is 1. The molecule has 7 heteroatoms. The highest BCUT2D eigenvalue weighted by atomic mass is 35.5. The lowest BCUT2D eigenvalue weighted by molar-refractivity contribution is -0.385. The van der Waals surface area contributed by atoms with Crippen molar-refractivity contribution in [3.63, 3.8) is 0 Å². The molecule has 0 spiro atoms. The summed E-state index contributed by atoms with van der Waals surface area (Å²) in [7, 11) is 0. The fraction of sp³-hybridized carbons (Fsp3) is 0.500. The molecule has 0 saturated carbocycles. The van der Waals surface area contributed by atoms with Gasteiger partial charge in [-0.05, 0) is 25.8 Å². The number of rotatable bonds is 4. The topological polar surface area (TPSA) is 72.7 Å². The Morgan fingerprint density at radius 3 is 2.71 bits per heavy atom. The fourth-order valence-electron chi connectivity index (χ4n) is 2.35. The maximum absolute atomic E-state index is 12.6. The third-order valence-corrected chi connectivity index (χ3v) is 3.86. The van der Waals surface area contributed by atoms with Crippen molar-refractivity contribution < 1.29 is 14.5 Å². The van der Waals surface area contributed by atoms with E-state index in [2.05, 4.69) is 0 Å². The summed E-state index contributed by atoms with van der Waals surface area (Å²) in [5, 5.41) is 11.2. The van der Waals surface area contributed by atoms with Gasteiger partial charge in [-0.2, -0.15) is 0 Å². The first-order valence-corrected chi connectivity index (χ1v) is 7.31. The smallest absolute Gasteiger partial charge is 0.311 e. The largest absolute Gasteiger partial charge is 0.487 e. The minimum Gasteiger partial charge on any atom is -0.487 e. The molecule has 0 aromatic heterocycles. The number of alkyl halides is 1. The number of benzene rings is 1. The van der Waals surface area contributed by atoms with Crippen molar-refractivity contribution in [2.75, 3.05) is 19.7 Å². The zero-order chi connectivity index (χ0) is 15.4. The molecule has 21 heavy (non-hydrogen) atoms. The van der Waals surface area contributed by atoms with Crippen molar-refractivity contribution in [2.24, 2.45) is 0 Å². The van der Waals surface area contributed by atoms with Gasteiger partial charge in [0.15, 0.2) is 0 Å². The third kappa shape index (κ3) is 3.44. The van der Waals surface area contributed by atoms with E-state index < -0.39 is 4.92 Å². The number of carbonyl (C=O) groups excluding carboxylic acids is 1. The van der Waals surface area contributed by atoms with Crippen LogP contribution in [-0.2, 0) is 0 Å². The lowest BCUT2D eigenvalue weighted by Gasteiger charge is -2.29. The Hall–Kier alpha value is -1.82. The van der Waals surface area contributed by atoms with Gasteiger partial charge >= 0.3 is 5.69 Å². The number of ether oxygens (including phenoxy) is 1. The number of halogens is 1. The van der Waals surface area contributed by atoms with Crippen LogP contribution in [0.5, 0.6) is 5.75 Å². The molecule has 0 aliphatic carbocycles. The first kappa shape index (κ1) is 15.6. The van der Waals surface area contributed by atoms with E-state index in [1.165, 1.54) is 12.1 Å². The molecule has 1 heterocycles. The number of para-hydroxylation sites is 1. The fourth-order valence-corrected chi connectivity index (χ4v) is 2.55. The Labute approximate surface area is 127 Å². The van der Waals surface area contributed by atoms with Gasteiger partial charge in [0.2, 0.25) is 5.75 Å². The van der Waals surface area contributed by atoms with E-state index in [9.17, 15) is 14.9 Å². The van der Waals surface area contributed by atoms with Crippen molar-refractivity contribution in [3.8, 4) is 5.75 Å². The van der Waals surface area contributed by atoms with Gasteiger partial charge in [0, 0.05) is 24.5 Å². The van der Waals surface area contributed by atoms with Gasteiger partial charge in [0.25, 0.3) is 5.91 Å². The number of nitro benzene ring substituents is 1. The van der Waals surface area contributed by atoms with Crippen molar-refractivity contribution >= 4 is 23.2 Å². The summed E-state index contributed by atoms with van der Waals surface area (Å²) in [4.78, 5) is 24.8. The van der Waals surface area contributed by atoms with Crippen molar-refractivity contribution in [1.29, 1.82) is 0 Å². The van der Waals surface area contributed by atoms with Crippen LogP contribution in [0.25, 0.3) is 0 Å². The molecule has 2 rings (SSSR count). The summed E-state index contributed by atoms with van der Waals surface area (Å²) in [6.45, 7) is 3.10. The second-order valence-electron chi connectivity index (χ2n) is 4.81. The molecular formula is C14H17ClN2O4. The quantitative estimate of drug-likeness (QED) is 0.487. The molecule has 114 valence electrons. The molecule has 1 aromatic rings. The molecule has 0 unspecified atom stereocenters. The summed E-state index contributed by atoms with van der Waals surface area (Å²) in [6.07, 6.45) is 1.46. The van der Waals surface area contributed by atoms with Crippen LogP contribution in [0.15, 0.2) is 18.2 Å². The van der Waals surface area contributed by atoms with Crippen LogP contribution >= 0.6 is 11.6 Å². The maximum atomic E-state index is 12.6. The van der Waals surface area contributed by atoms with Crippen molar-refractivity contribution in [1.82, 2.24) is 4.90 Å². The predicted octanol–water partition coefficient (Wildman–Crippen LogP) is 2.84. The Morgan fingerprint density at radius 1 is 1.48 bits per heavy atom. The van der Waals surface area contributed by atoms with Crippen LogP contribution < -0.4 is 4.74 Å². The van der Waals surface area contributed by atoms with Crippen LogP contribution in [0.4, 0.5) is 5.69 Å². The van der Waals surface area contributed by atoms with E-state index >= 15 is 0 Å². The average molecular weight is 313 g/mol. The number of nitro groups is 1. The number of nitrogens with zero attached hydrogens (tertiary/aromatic N) is 2. The Bertz CT molecular complexity index is 542. The zero-order valence-electron chi connectivity index (χ0n) is 11.8. The molecular weight excluding hydrogens is 296 g/mol. The lowest BCUT2D eigenvalue weighted by atomic mass is 10.1. The maximum Gasteiger partial charge on any atom is 0.311 e. The summed E-state index contributed by atoms with van der Waals surface area (Å²) in [6, 6.07) is 4.40. The van der Waals surface area contributed by atoms with Crippen LogP contribution in [0.1, 0.15) is 30.1 Å². The molecule has 0 N–H and O–H groups in total. The van der Waals surface area contributed by atoms with Gasteiger partial charge in [-0.1, -0.05) is 6.07 Å². The van der Waals surface area contributed by atoms with Crippen LogP contribution in [0, 0.1) is 10.1 Å². The number of piperidine rings is 1. The van der Waals surface area contributed by atoms with E-state index in [1.54, 1.807) is 17.9 Å². The van der Waals surface area contributed by atoms with Crippen LogP contribution in [0.2, 0.25) is 0 Å². The second kappa shape index (κ2) is 6.76. The van der Waals surface area contributed by atoms with Crippen LogP contribution in [0.3, 0.4) is 0 Å². The normalized spacial score (nSPS) is 15.8. The second-order valence-corrected chi connectivity index (χ2v) is 5.43. The van der Waals surface area contributed by atoms with Gasteiger partial charge in [-0.3, -0.25) is 14.9 Å². The lowest BCUT2D eigenvalue weighted by Crippen LogP contribution is -2.39. The van der Waals surface area contributed by atoms with Gasteiger partial charge < -0.3 is 9.64 Å². The SMILES string of the molecule is CCOc1c(C(=O)N2CCC(Cl)CC2)cccc1[N+](=O)[O-]. The monoisotopic (exact) mass is 312 g/mol. The minimum absolute atomic E-state index is 0.0444. The average Bonchev–Trinajstić information content (AvgIpc) is 2.47. The van der Waals surface area contributed by atoms with Crippen molar-refractivity contribution in [3.05, 3.63) is 33.9 Å². The number of carbonyl (C=O) groups is 1. The first-order chi connectivity index (χ1) is 10.0. The zero-order valence-corrected chi connectivity index (χ0v) is 12.5. The minimum atomic E-state index is -0.535. The van der Waals surface area contributed by atoms with E-state index in [1.807, 2.05) is 0 Å². The summed E-state index contributed by atoms with van der Waals surface area (Å²) < 4.78 is 5.35. The van der Waals surface area contributed by atoms with Gasteiger partial charge in [0.1, 0.15) is 0 Å². The Balaban J connectivity index is 2.31. The Kier molecular flexibility index (Phi) is 5.01. The number of hydrogen-bond acceptors (Lipinski definition) is 4. The molecule has 1 fully saturated rings. The number of hydrogen-bond donors (Lipinski definition) is 0. The van der Waals surface area contributed by atoms with E-state index in [0.29, 0.717) is 13.1 Å². The van der Waals surface area contributed by atoms with E-state index in [-0.39, 0.29) is 34.9 Å². The molecule has 0 bridgehead atoms. The molecule has 0 atom stereocenters. The van der Waals surface area contributed by atoms with E-state index in [4.69, 9.17) is 16.3 Å². The molecule has 0 radical (unpaired) electrons. The van der Waals surface area contributed by atoms with Gasteiger partial charge in [-0.25, -0.2) is 0 Å². The van der Waals surface area contributed by atoms with Crippen molar-refractivity contribution in [2.45, 2.75) is 25.1 Å². The predicted molar refractivity (Wildman–Crippen MR) is 79.0 cm³/mol. The number of likely N-dealkylation sites (tertiary alicyclic amines) is 1. The first-order valence-electron chi connectivity index (χ1n) is 6.88. The molecule has 1 saturated heterocycles. The van der Waals surface area contributed by atoms with Crippen LogP contribution in [-0.4, -0.2) is 40.8 Å². The van der Waals surface area contributed by atoms with E-state index in [0.717, 1.165) is 12.8 Å². The van der Waals surface area contributed by atoms with Gasteiger partial charge in [-0.15, -0.1) is 11.6 Å². The highest BCUT2D eigenvalue weighted by Crippen LogP contribution is 2.32. The summed E-state index contributed by atoms with van der Waals surface area (Å²) in [5.74, 6) is -0.200. The summed E-state index contributed by atoms with van der Waals surface area (Å²) in [5.41, 5.74) is 0.0500.